The van der Waals surface area contributed by atoms with E-state index in [9.17, 15) is 4.79 Å². The van der Waals surface area contributed by atoms with Crippen molar-refractivity contribution in [2.24, 2.45) is 5.10 Å². The number of hydrogen-bond acceptors (Lipinski definition) is 3. The van der Waals surface area contributed by atoms with E-state index in [4.69, 9.17) is 16.3 Å². The Morgan fingerprint density at radius 1 is 0.933 bits per heavy atom. The average Bonchev–Trinajstić information content (AvgIpc) is 2.78. The molecule has 0 aliphatic rings. The molecule has 4 aromatic carbocycles. The van der Waals surface area contributed by atoms with Crippen molar-refractivity contribution in [2.45, 2.75) is 6.61 Å². The fourth-order valence-corrected chi connectivity index (χ4v) is 3.31. The van der Waals surface area contributed by atoms with Crippen LogP contribution in [0.25, 0.3) is 10.8 Å². The minimum Gasteiger partial charge on any atom is -0.489 e. The molecule has 1 amide bonds. The monoisotopic (exact) mass is 414 g/mol. The zero-order valence-electron chi connectivity index (χ0n) is 16.1. The molecule has 4 aromatic rings. The summed E-state index contributed by atoms with van der Waals surface area (Å²) in [5.74, 6) is 0.408. The zero-order chi connectivity index (χ0) is 20.8. The molecule has 0 aromatic heterocycles. The van der Waals surface area contributed by atoms with Crippen molar-refractivity contribution in [3.05, 3.63) is 113 Å². The van der Waals surface area contributed by atoms with Crippen LogP contribution in [0.1, 0.15) is 21.5 Å². The van der Waals surface area contributed by atoms with E-state index in [-0.39, 0.29) is 5.91 Å². The maximum absolute atomic E-state index is 12.1. The Hall–Kier alpha value is -3.63. The molecule has 0 aliphatic carbocycles. The van der Waals surface area contributed by atoms with Crippen LogP contribution >= 0.6 is 11.6 Å². The van der Waals surface area contributed by atoms with Gasteiger partial charge in [0.05, 0.1) is 6.21 Å². The highest BCUT2D eigenvalue weighted by Gasteiger charge is 2.04. The van der Waals surface area contributed by atoms with Gasteiger partial charge >= 0.3 is 0 Å². The lowest BCUT2D eigenvalue weighted by molar-refractivity contribution is 0.0955. The van der Waals surface area contributed by atoms with Crippen LogP contribution in [0.2, 0.25) is 5.02 Å². The molecule has 0 heterocycles. The molecule has 30 heavy (non-hydrogen) atoms. The lowest BCUT2D eigenvalue weighted by Gasteiger charge is -2.09. The second kappa shape index (κ2) is 9.25. The van der Waals surface area contributed by atoms with Crippen molar-refractivity contribution in [3.63, 3.8) is 0 Å². The van der Waals surface area contributed by atoms with E-state index in [0.29, 0.717) is 17.2 Å². The Morgan fingerprint density at radius 3 is 2.63 bits per heavy atom. The summed E-state index contributed by atoms with van der Waals surface area (Å²) >= 11 is 5.91. The molecule has 0 fully saturated rings. The lowest BCUT2D eigenvalue weighted by Crippen LogP contribution is -2.17. The molecule has 4 nitrogen and oxygen atoms in total. The summed E-state index contributed by atoms with van der Waals surface area (Å²) in [6, 6.07) is 28.7. The van der Waals surface area contributed by atoms with E-state index < -0.39 is 0 Å². The van der Waals surface area contributed by atoms with Crippen molar-refractivity contribution in [2.75, 3.05) is 0 Å². The Kier molecular flexibility index (Phi) is 6.06. The van der Waals surface area contributed by atoms with E-state index >= 15 is 0 Å². The molecule has 0 spiro atoms. The highest BCUT2D eigenvalue weighted by Crippen LogP contribution is 2.21. The Bertz CT molecular complexity index is 1220. The smallest absolute Gasteiger partial charge is 0.271 e. The van der Waals surface area contributed by atoms with E-state index in [1.54, 1.807) is 30.5 Å². The third-order valence-electron chi connectivity index (χ3n) is 4.60. The third-order valence-corrected chi connectivity index (χ3v) is 4.83. The van der Waals surface area contributed by atoms with Crippen LogP contribution in [0.3, 0.4) is 0 Å². The van der Waals surface area contributed by atoms with Crippen molar-refractivity contribution in [1.29, 1.82) is 0 Å². The Morgan fingerprint density at radius 2 is 1.73 bits per heavy atom. The lowest BCUT2D eigenvalue weighted by atomic mass is 10.1. The number of amides is 1. The first-order valence-corrected chi connectivity index (χ1v) is 9.85. The molecule has 148 valence electrons. The van der Waals surface area contributed by atoms with E-state index in [1.807, 2.05) is 42.5 Å². The van der Waals surface area contributed by atoms with Crippen LogP contribution in [0.15, 0.2) is 96.1 Å². The quantitative estimate of drug-likeness (QED) is 0.318. The van der Waals surface area contributed by atoms with Gasteiger partial charge in [-0.15, -0.1) is 0 Å². The van der Waals surface area contributed by atoms with Gasteiger partial charge in [0.2, 0.25) is 0 Å². The summed E-state index contributed by atoms with van der Waals surface area (Å²) in [4.78, 5) is 12.1. The summed E-state index contributed by atoms with van der Waals surface area (Å²) in [5, 5.41) is 6.90. The number of rotatable bonds is 6. The molecule has 1 N–H and O–H groups in total. The topological polar surface area (TPSA) is 50.7 Å². The fourth-order valence-electron chi connectivity index (χ4n) is 3.12. The van der Waals surface area contributed by atoms with Crippen LogP contribution in [-0.4, -0.2) is 12.1 Å². The van der Waals surface area contributed by atoms with Gasteiger partial charge in [-0.05, 0) is 52.2 Å². The normalized spacial score (nSPS) is 11.0. The first-order valence-electron chi connectivity index (χ1n) is 9.47. The first kappa shape index (κ1) is 19.7. The van der Waals surface area contributed by atoms with E-state index in [0.717, 1.165) is 16.9 Å². The van der Waals surface area contributed by atoms with Gasteiger partial charge in [-0.25, -0.2) is 5.43 Å². The third kappa shape index (κ3) is 4.85. The number of hydrazone groups is 1. The van der Waals surface area contributed by atoms with Gasteiger partial charge in [-0.3, -0.25) is 4.79 Å². The second-order valence-electron chi connectivity index (χ2n) is 6.71. The standard InChI is InChI=1S/C25H19ClN2O2/c26-22-11-5-9-20(15-22)25(29)28-27-16-18-6-3-12-23(14-18)30-17-21-10-4-8-19-7-1-2-13-24(19)21/h1-16H,17H2,(H,28,29)/b27-16-. The van der Waals surface area contributed by atoms with E-state index in [1.165, 1.54) is 10.8 Å². The first-order chi connectivity index (χ1) is 14.7. The minimum atomic E-state index is -0.322. The van der Waals surface area contributed by atoms with Crippen molar-refractivity contribution in [3.8, 4) is 5.75 Å². The molecule has 0 aliphatic heterocycles. The summed E-state index contributed by atoms with van der Waals surface area (Å²) in [6.07, 6.45) is 1.58. The van der Waals surface area contributed by atoms with Crippen LogP contribution in [0, 0.1) is 0 Å². The van der Waals surface area contributed by atoms with Crippen molar-refractivity contribution >= 4 is 34.5 Å². The number of ether oxygens (including phenoxy) is 1. The maximum atomic E-state index is 12.1. The predicted octanol–water partition coefficient (Wildman–Crippen LogP) is 5.84. The summed E-state index contributed by atoms with van der Waals surface area (Å²) in [7, 11) is 0. The SMILES string of the molecule is O=C(N/N=C\c1cccc(OCc2cccc3ccccc23)c1)c1cccc(Cl)c1. The number of hydrogen-bond donors (Lipinski definition) is 1. The second-order valence-corrected chi connectivity index (χ2v) is 7.15. The molecule has 0 atom stereocenters. The molecule has 0 unspecified atom stereocenters. The predicted molar refractivity (Wildman–Crippen MR) is 121 cm³/mol. The van der Waals surface area contributed by atoms with Crippen LogP contribution in [-0.2, 0) is 6.61 Å². The molecule has 4 rings (SSSR count). The zero-order valence-corrected chi connectivity index (χ0v) is 16.8. The number of halogens is 1. The van der Waals surface area contributed by atoms with Crippen LogP contribution in [0.4, 0.5) is 0 Å². The average molecular weight is 415 g/mol. The fraction of sp³-hybridized carbons (Fsp3) is 0.0400. The summed E-state index contributed by atoms with van der Waals surface area (Å²) in [6.45, 7) is 0.466. The van der Waals surface area contributed by atoms with Crippen LogP contribution < -0.4 is 10.2 Å². The number of carbonyl (C=O) groups excluding carboxylic acids is 1. The van der Waals surface area contributed by atoms with Crippen molar-refractivity contribution < 1.29 is 9.53 Å². The van der Waals surface area contributed by atoms with Crippen LogP contribution in [0.5, 0.6) is 5.75 Å². The molecule has 5 heteroatoms. The number of carbonyl (C=O) groups is 1. The van der Waals surface area contributed by atoms with E-state index in [2.05, 4.69) is 34.8 Å². The molecule has 0 bridgehead atoms. The summed E-state index contributed by atoms with van der Waals surface area (Å²) in [5.41, 5.74) is 4.90. The molecular formula is C25H19ClN2O2. The van der Waals surface area contributed by atoms with Gasteiger partial charge in [0.15, 0.2) is 0 Å². The molecular weight excluding hydrogens is 396 g/mol. The van der Waals surface area contributed by atoms with Gasteiger partial charge in [0.25, 0.3) is 5.91 Å². The highest BCUT2D eigenvalue weighted by molar-refractivity contribution is 6.30. The molecule has 0 saturated heterocycles. The van der Waals surface area contributed by atoms with Gasteiger partial charge in [-0.2, -0.15) is 5.10 Å². The highest BCUT2D eigenvalue weighted by atomic mass is 35.5. The van der Waals surface area contributed by atoms with Crippen molar-refractivity contribution in [1.82, 2.24) is 5.43 Å². The number of nitrogens with one attached hydrogen (secondary N) is 1. The number of nitrogens with zero attached hydrogens (tertiary/aromatic N) is 1. The molecule has 0 saturated carbocycles. The Labute approximate surface area is 179 Å². The minimum absolute atomic E-state index is 0.322. The van der Waals surface area contributed by atoms with Gasteiger partial charge in [-0.1, -0.05) is 72.3 Å². The maximum Gasteiger partial charge on any atom is 0.271 e. The Balaban J connectivity index is 1.40. The van der Waals surface area contributed by atoms with Gasteiger partial charge < -0.3 is 4.74 Å². The van der Waals surface area contributed by atoms with Gasteiger partial charge in [0, 0.05) is 10.6 Å². The number of fused-ring (bicyclic) bond motifs is 1. The van der Waals surface area contributed by atoms with Gasteiger partial charge in [0.1, 0.15) is 12.4 Å². The molecule has 0 radical (unpaired) electrons. The summed E-state index contributed by atoms with van der Waals surface area (Å²) < 4.78 is 5.99. The number of benzene rings is 4. The largest absolute Gasteiger partial charge is 0.489 e.